The number of allylic oxidation sites excluding steroid dienone is 1. The summed E-state index contributed by atoms with van der Waals surface area (Å²) in [6.07, 6.45) is 2.65. The summed E-state index contributed by atoms with van der Waals surface area (Å²) in [5.41, 5.74) is 4.70. The average molecular weight is 432 g/mol. The average Bonchev–Trinajstić information content (AvgIpc) is 3.10. The Hall–Kier alpha value is -3.08. The lowest BCUT2D eigenvalue weighted by Crippen LogP contribution is -2.33. The molecule has 2 aliphatic heterocycles. The molecular weight excluding hydrogens is 410 g/mol. The van der Waals surface area contributed by atoms with Gasteiger partial charge in [0, 0.05) is 18.1 Å². The van der Waals surface area contributed by atoms with Crippen LogP contribution in [0.1, 0.15) is 32.6 Å². The number of nitrogens with zero attached hydrogens (tertiary/aromatic N) is 1. The third kappa shape index (κ3) is 3.85. The van der Waals surface area contributed by atoms with Crippen LogP contribution in [0.4, 0.5) is 0 Å². The van der Waals surface area contributed by atoms with Gasteiger partial charge in [-0.2, -0.15) is 0 Å². The number of fused-ring (bicyclic) bond motifs is 3. The standard InChI is InChI=1S/C26H22ClNO3/c1-17-6-2-3-8-19(17)14-24-25(29)20-10-11-23-21(26(20)31-24)15-28(16-30-23)13-12-18-7-4-5-9-22(18)27/h2-11,14H,12-13,15-16H2,1H3/b24-14-. The topological polar surface area (TPSA) is 38.8 Å². The summed E-state index contributed by atoms with van der Waals surface area (Å²) in [6.45, 7) is 3.97. The first-order chi connectivity index (χ1) is 15.1. The van der Waals surface area contributed by atoms with Crippen molar-refractivity contribution in [3.05, 3.63) is 99.3 Å². The van der Waals surface area contributed by atoms with Gasteiger partial charge < -0.3 is 9.47 Å². The molecule has 0 fully saturated rings. The molecule has 0 radical (unpaired) electrons. The largest absolute Gasteiger partial charge is 0.478 e. The Morgan fingerprint density at radius 2 is 1.87 bits per heavy atom. The van der Waals surface area contributed by atoms with E-state index < -0.39 is 0 Å². The second-order valence-electron chi connectivity index (χ2n) is 7.88. The van der Waals surface area contributed by atoms with Gasteiger partial charge >= 0.3 is 0 Å². The van der Waals surface area contributed by atoms with E-state index in [1.165, 1.54) is 0 Å². The molecule has 0 unspecified atom stereocenters. The molecule has 31 heavy (non-hydrogen) atoms. The maximum atomic E-state index is 13.0. The van der Waals surface area contributed by atoms with Gasteiger partial charge in [-0.3, -0.25) is 9.69 Å². The van der Waals surface area contributed by atoms with Crippen molar-refractivity contribution in [1.29, 1.82) is 0 Å². The van der Waals surface area contributed by atoms with E-state index >= 15 is 0 Å². The van der Waals surface area contributed by atoms with Gasteiger partial charge in [0.05, 0.1) is 11.1 Å². The quantitative estimate of drug-likeness (QED) is 0.500. The van der Waals surface area contributed by atoms with E-state index in [1.807, 2.05) is 67.6 Å². The molecular formula is C26H22ClNO3. The molecule has 4 nitrogen and oxygen atoms in total. The van der Waals surface area contributed by atoms with E-state index in [0.717, 1.165) is 46.0 Å². The van der Waals surface area contributed by atoms with E-state index in [4.69, 9.17) is 21.1 Å². The summed E-state index contributed by atoms with van der Waals surface area (Å²) < 4.78 is 12.1. The number of hydrogen-bond donors (Lipinski definition) is 0. The Kier molecular flexibility index (Phi) is 5.26. The lowest BCUT2D eigenvalue weighted by atomic mass is 10.0. The highest BCUT2D eigenvalue weighted by Crippen LogP contribution is 2.42. The SMILES string of the molecule is Cc1ccccc1/C=C1\Oc2c(ccc3c2CN(CCc2ccccc2Cl)CO3)C1=O. The fraction of sp³-hybridized carbons (Fsp3) is 0.192. The molecule has 0 spiro atoms. The molecule has 0 amide bonds. The molecule has 2 aliphatic rings. The zero-order chi connectivity index (χ0) is 21.4. The number of ketones is 1. The normalized spacial score (nSPS) is 16.6. The van der Waals surface area contributed by atoms with Crippen molar-refractivity contribution >= 4 is 23.5 Å². The van der Waals surface area contributed by atoms with Crippen LogP contribution in [0.25, 0.3) is 6.08 Å². The molecule has 0 atom stereocenters. The highest BCUT2D eigenvalue weighted by Gasteiger charge is 2.33. The van der Waals surface area contributed by atoms with Gasteiger partial charge in [0.15, 0.2) is 5.76 Å². The minimum Gasteiger partial charge on any atom is -0.478 e. The molecule has 3 aromatic carbocycles. The van der Waals surface area contributed by atoms with Crippen molar-refractivity contribution in [2.75, 3.05) is 13.3 Å². The second kappa shape index (κ2) is 8.22. The maximum absolute atomic E-state index is 13.0. The third-order valence-corrected chi connectivity index (χ3v) is 6.18. The Balaban J connectivity index is 1.38. The monoisotopic (exact) mass is 431 g/mol. The summed E-state index contributed by atoms with van der Waals surface area (Å²) in [4.78, 5) is 15.2. The number of aryl methyl sites for hydroxylation is 1. The van der Waals surface area contributed by atoms with Crippen LogP contribution in [0.15, 0.2) is 66.4 Å². The van der Waals surface area contributed by atoms with Crippen molar-refractivity contribution in [2.24, 2.45) is 0 Å². The van der Waals surface area contributed by atoms with Gasteiger partial charge in [0.25, 0.3) is 0 Å². The van der Waals surface area contributed by atoms with Gasteiger partial charge in [-0.25, -0.2) is 0 Å². The Labute approximate surface area is 186 Å². The predicted octanol–water partition coefficient (Wildman–Crippen LogP) is 5.66. The van der Waals surface area contributed by atoms with Crippen molar-refractivity contribution in [1.82, 2.24) is 4.90 Å². The number of halogens is 1. The van der Waals surface area contributed by atoms with Gasteiger partial charge in [-0.05, 0) is 54.3 Å². The minimum absolute atomic E-state index is 0.0887. The Morgan fingerprint density at radius 1 is 1.06 bits per heavy atom. The smallest absolute Gasteiger partial charge is 0.231 e. The highest BCUT2D eigenvalue weighted by molar-refractivity contribution is 6.31. The van der Waals surface area contributed by atoms with Crippen LogP contribution >= 0.6 is 11.6 Å². The number of ether oxygens (including phenoxy) is 2. The zero-order valence-electron chi connectivity index (χ0n) is 17.2. The Bertz CT molecular complexity index is 1200. The van der Waals surface area contributed by atoms with E-state index in [9.17, 15) is 4.79 Å². The van der Waals surface area contributed by atoms with Crippen LogP contribution in [0.2, 0.25) is 5.02 Å². The van der Waals surface area contributed by atoms with Crippen molar-refractivity contribution in [2.45, 2.75) is 19.9 Å². The lowest BCUT2D eigenvalue weighted by Gasteiger charge is -2.29. The van der Waals surface area contributed by atoms with Crippen molar-refractivity contribution in [3.63, 3.8) is 0 Å². The van der Waals surface area contributed by atoms with Crippen molar-refractivity contribution in [3.8, 4) is 11.5 Å². The Morgan fingerprint density at radius 3 is 2.71 bits per heavy atom. The van der Waals surface area contributed by atoms with Gasteiger partial charge in [0.1, 0.15) is 18.2 Å². The summed E-state index contributed by atoms with van der Waals surface area (Å²) in [7, 11) is 0. The molecule has 0 N–H and O–H groups in total. The number of carbonyl (C=O) groups excluding carboxylic acids is 1. The van der Waals surface area contributed by atoms with Crippen molar-refractivity contribution < 1.29 is 14.3 Å². The first-order valence-corrected chi connectivity index (χ1v) is 10.7. The summed E-state index contributed by atoms with van der Waals surface area (Å²) >= 11 is 6.30. The van der Waals surface area contributed by atoms with Gasteiger partial charge in [-0.15, -0.1) is 0 Å². The van der Waals surface area contributed by atoms with E-state index in [0.29, 0.717) is 30.3 Å². The second-order valence-corrected chi connectivity index (χ2v) is 8.29. The summed E-state index contributed by atoms with van der Waals surface area (Å²) in [6, 6.07) is 19.5. The molecule has 5 heteroatoms. The third-order valence-electron chi connectivity index (χ3n) is 5.81. The van der Waals surface area contributed by atoms with E-state index in [-0.39, 0.29) is 5.78 Å². The molecule has 0 saturated heterocycles. The maximum Gasteiger partial charge on any atom is 0.231 e. The molecule has 3 aromatic rings. The molecule has 0 bridgehead atoms. The summed E-state index contributed by atoms with van der Waals surface area (Å²) in [5, 5.41) is 0.779. The minimum atomic E-state index is -0.0887. The van der Waals surface area contributed by atoms with Crippen LogP contribution in [0.3, 0.4) is 0 Å². The number of benzene rings is 3. The van der Waals surface area contributed by atoms with Crippen LogP contribution in [-0.2, 0) is 13.0 Å². The fourth-order valence-electron chi connectivity index (χ4n) is 4.02. The first-order valence-electron chi connectivity index (χ1n) is 10.3. The number of carbonyl (C=O) groups is 1. The van der Waals surface area contributed by atoms with E-state index in [2.05, 4.69) is 4.90 Å². The summed E-state index contributed by atoms with van der Waals surface area (Å²) in [5.74, 6) is 1.66. The molecule has 0 saturated carbocycles. The van der Waals surface area contributed by atoms with Crippen LogP contribution in [0.5, 0.6) is 11.5 Å². The lowest BCUT2D eigenvalue weighted by molar-refractivity contribution is 0.0950. The van der Waals surface area contributed by atoms with Gasteiger partial charge in [0.2, 0.25) is 5.78 Å². The number of rotatable bonds is 4. The molecule has 5 rings (SSSR count). The fourth-order valence-corrected chi connectivity index (χ4v) is 4.25. The zero-order valence-corrected chi connectivity index (χ0v) is 18.0. The number of hydrogen-bond acceptors (Lipinski definition) is 4. The first kappa shape index (κ1) is 19.9. The van der Waals surface area contributed by atoms with Gasteiger partial charge in [-0.1, -0.05) is 54.1 Å². The van der Waals surface area contributed by atoms with Crippen LogP contribution < -0.4 is 9.47 Å². The highest BCUT2D eigenvalue weighted by atomic mass is 35.5. The molecule has 0 aromatic heterocycles. The molecule has 0 aliphatic carbocycles. The number of Topliss-reactive ketones (excluding diaryl/α,β-unsaturated/α-hetero) is 1. The molecule has 2 heterocycles. The van der Waals surface area contributed by atoms with Crippen LogP contribution in [-0.4, -0.2) is 24.0 Å². The predicted molar refractivity (Wildman–Crippen MR) is 122 cm³/mol. The van der Waals surface area contributed by atoms with E-state index in [1.54, 1.807) is 6.07 Å². The van der Waals surface area contributed by atoms with Crippen LogP contribution in [0, 0.1) is 6.92 Å². The molecule has 156 valence electrons.